The number of carbonyl (C=O) groups excluding carboxylic acids is 1. The summed E-state index contributed by atoms with van der Waals surface area (Å²) in [5, 5.41) is 13.9. The Balaban J connectivity index is 1.78. The number of halogens is 3. The van der Waals surface area contributed by atoms with Gasteiger partial charge < -0.3 is 14.8 Å². The van der Waals surface area contributed by atoms with Crippen molar-refractivity contribution in [3.8, 4) is 17.6 Å². The van der Waals surface area contributed by atoms with Crippen molar-refractivity contribution in [2.45, 2.75) is 45.3 Å². The highest BCUT2D eigenvalue weighted by Gasteiger charge is 2.24. The van der Waals surface area contributed by atoms with Crippen LogP contribution < -0.4 is 14.8 Å². The first-order valence-corrected chi connectivity index (χ1v) is 11.8. The summed E-state index contributed by atoms with van der Waals surface area (Å²) in [5.41, 5.74) is 1.30. The highest BCUT2D eigenvalue weighted by Crippen LogP contribution is 2.38. The van der Waals surface area contributed by atoms with Crippen LogP contribution in [0.25, 0.3) is 6.08 Å². The maximum atomic E-state index is 12.7. The molecular weight excluding hydrogens is 483 g/mol. The van der Waals surface area contributed by atoms with Crippen molar-refractivity contribution in [2.75, 3.05) is 7.11 Å². The zero-order chi connectivity index (χ0) is 24.0. The smallest absolute Gasteiger partial charge is 0.262 e. The van der Waals surface area contributed by atoms with Crippen molar-refractivity contribution in [3.63, 3.8) is 0 Å². The van der Waals surface area contributed by atoms with Gasteiger partial charge in [-0.05, 0) is 54.7 Å². The molecule has 8 heteroatoms. The number of nitrogens with one attached hydrogen (secondary N) is 1. The summed E-state index contributed by atoms with van der Waals surface area (Å²) in [7, 11) is 1.49. The number of carbonyl (C=O) groups is 1. The Morgan fingerprint density at radius 1 is 1.18 bits per heavy atom. The first kappa shape index (κ1) is 25.2. The van der Waals surface area contributed by atoms with Crippen LogP contribution in [-0.2, 0) is 11.4 Å². The number of nitrogens with zero attached hydrogens (tertiary/aromatic N) is 1. The number of nitriles is 1. The fourth-order valence-electron chi connectivity index (χ4n) is 3.84. The van der Waals surface area contributed by atoms with Gasteiger partial charge in [-0.25, -0.2) is 0 Å². The Morgan fingerprint density at radius 3 is 2.61 bits per heavy atom. The van der Waals surface area contributed by atoms with Crippen LogP contribution in [-0.4, -0.2) is 19.1 Å². The average Bonchev–Trinajstić information content (AvgIpc) is 2.78. The second-order valence-electron chi connectivity index (χ2n) is 8.07. The summed E-state index contributed by atoms with van der Waals surface area (Å²) >= 11 is 18.6. The second-order valence-corrected chi connectivity index (χ2v) is 9.32. The molecule has 2 atom stereocenters. The number of hydrogen-bond acceptors (Lipinski definition) is 4. The molecule has 1 aliphatic carbocycles. The van der Waals surface area contributed by atoms with Crippen LogP contribution in [0.1, 0.15) is 43.7 Å². The molecule has 2 aromatic carbocycles. The first-order chi connectivity index (χ1) is 15.8. The predicted octanol–water partition coefficient (Wildman–Crippen LogP) is 6.84. The normalized spacial score (nSPS) is 18.4. The molecule has 5 nitrogen and oxygen atoms in total. The van der Waals surface area contributed by atoms with Crippen molar-refractivity contribution in [1.82, 2.24) is 5.32 Å². The van der Waals surface area contributed by atoms with E-state index in [2.05, 4.69) is 12.2 Å². The Labute approximate surface area is 209 Å². The Hall–Kier alpha value is -2.39. The van der Waals surface area contributed by atoms with Crippen LogP contribution >= 0.6 is 34.8 Å². The van der Waals surface area contributed by atoms with Gasteiger partial charge in [-0.2, -0.15) is 5.26 Å². The molecule has 0 heterocycles. The van der Waals surface area contributed by atoms with Crippen molar-refractivity contribution in [1.29, 1.82) is 5.26 Å². The van der Waals surface area contributed by atoms with Gasteiger partial charge in [0.1, 0.15) is 18.2 Å². The molecule has 3 rings (SSSR count). The molecule has 1 aliphatic rings. The average molecular weight is 508 g/mol. The van der Waals surface area contributed by atoms with Crippen molar-refractivity contribution in [3.05, 3.63) is 62.1 Å². The SMILES string of the molecule is COc1cc(/C=C(\C#N)C(=O)N[C@@H]2CCCC[C@H]2C)cc(Cl)c1OCc1ccc(Cl)cc1Cl. The number of rotatable bonds is 7. The standard InChI is InChI=1S/C25H25Cl3N2O3/c1-15-5-3-4-6-22(15)30-25(31)18(13-29)9-16-10-21(28)24(23(11-16)32-2)33-14-17-7-8-19(26)12-20(17)27/h7-12,15,22H,3-6,14H2,1-2H3,(H,30,31)/b18-9+/t15-,22-/m1/s1. The molecule has 0 radical (unpaired) electrons. The van der Waals surface area contributed by atoms with E-state index >= 15 is 0 Å². The molecule has 0 aromatic heterocycles. The van der Waals surface area contributed by atoms with Gasteiger partial charge >= 0.3 is 0 Å². The third kappa shape index (κ3) is 6.57. The minimum Gasteiger partial charge on any atom is -0.493 e. The largest absolute Gasteiger partial charge is 0.493 e. The molecule has 1 N–H and O–H groups in total. The van der Waals surface area contributed by atoms with Gasteiger partial charge in [0.2, 0.25) is 0 Å². The lowest BCUT2D eigenvalue weighted by atomic mass is 9.86. The molecule has 0 saturated heterocycles. The lowest BCUT2D eigenvalue weighted by Gasteiger charge is -2.29. The van der Waals surface area contributed by atoms with Crippen LogP contribution in [0.15, 0.2) is 35.9 Å². The highest BCUT2D eigenvalue weighted by atomic mass is 35.5. The summed E-state index contributed by atoms with van der Waals surface area (Å²) in [6.45, 7) is 2.28. The topological polar surface area (TPSA) is 71.3 Å². The van der Waals surface area contributed by atoms with Gasteiger partial charge in [-0.1, -0.05) is 60.6 Å². The van der Waals surface area contributed by atoms with Crippen LogP contribution in [0.2, 0.25) is 15.1 Å². The maximum Gasteiger partial charge on any atom is 0.262 e. The molecule has 0 unspecified atom stereocenters. The molecule has 2 aromatic rings. The fraction of sp³-hybridized carbons (Fsp3) is 0.360. The van der Waals surface area contributed by atoms with Gasteiger partial charge in [0, 0.05) is 21.7 Å². The molecule has 174 valence electrons. The van der Waals surface area contributed by atoms with E-state index in [9.17, 15) is 10.1 Å². The van der Waals surface area contributed by atoms with E-state index in [0.29, 0.717) is 33.0 Å². The Bertz CT molecular complexity index is 1100. The monoisotopic (exact) mass is 506 g/mol. The molecule has 0 spiro atoms. The number of ether oxygens (including phenoxy) is 2. The van der Waals surface area contributed by atoms with Gasteiger partial charge in [0.05, 0.1) is 12.1 Å². The zero-order valence-corrected chi connectivity index (χ0v) is 20.7. The summed E-state index contributed by atoms with van der Waals surface area (Å²) in [4.78, 5) is 12.7. The highest BCUT2D eigenvalue weighted by molar-refractivity contribution is 6.35. The second kappa shape index (κ2) is 11.7. The minimum atomic E-state index is -0.385. The predicted molar refractivity (Wildman–Crippen MR) is 132 cm³/mol. The van der Waals surface area contributed by atoms with Gasteiger partial charge in [0.15, 0.2) is 11.5 Å². The third-order valence-electron chi connectivity index (χ3n) is 5.74. The number of benzene rings is 2. The third-order valence-corrected chi connectivity index (χ3v) is 6.61. The van der Waals surface area contributed by atoms with E-state index < -0.39 is 0 Å². The number of amides is 1. The van der Waals surface area contributed by atoms with Crippen LogP contribution in [0.5, 0.6) is 11.5 Å². The Morgan fingerprint density at radius 2 is 1.94 bits per heavy atom. The quantitative estimate of drug-likeness (QED) is 0.329. The van der Waals surface area contributed by atoms with E-state index in [1.54, 1.807) is 30.3 Å². The fourth-order valence-corrected chi connectivity index (χ4v) is 4.58. The van der Waals surface area contributed by atoms with Crippen molar-refractivity contribution in [2.24, 2.45) is 5.92 Å². The molecule has 0 aliphatic heterocycles. The first-order valence-electron chi connectivity index (χ1n) is 10.7. The van der Waals surface area contributed by atoms with Gasteiger partial charge in [-0.15, -0.1) is 0 Å². The minimum absolute atomic E-state index is 0.00695. The maximum absolute atomic E-state index is 12.7. The summed E-state index contributed by atoms with van der Waals surface area (Å²) in [6.07, 6.45) is 5.75. The van der Waals surface area contributed by atoms with Gasteiger partial charge in [0.25, 0.3) is 5.91 Å². The molecule has 1 fully saturated rings. The van der Waals surface area contributed by atoms with Crippen LogP contribution in [0.4, 0.5) is 0 Å². The van der Waals surface area contributed by atoms with E-state index in [1.165, 1.54) is 19.6 Å². The van der Waals surface area contributed by atoms with Crippen molar-refractivity contribution >= 4 is 46.8 Å². The summed E-state index contributed by atoms with van der Waals surface area (Å²) in [5.74, 6) is 0.713. The van der Waals surface area contributed by atoms with Crippen LogP contribution in [0.3, 0.4) is 0 Å². The number of hydrogen-bond donors (Lipinski definition) is 1. The van der Waals surface area contributed by atoms with E-state index in [4.69, 9.17) is 44.3 Å². The lowest BCUT2D eigenvalue weighted by Crippen LogP contribution is -2.41. The molecular formula is C25H25Cl3N2O3. The van der Waals surface area contributed by atoms with E-state index in [1.807, 2.05) is 6.07 Å². The molecule has 0 bridgehead atoms. The summed E-state index contributed by atoms with van der Waals surface area (Å²) < 4.78 is 11.3. The zero-order valence-electron chi connectivity index (χ0n) is 18.5. The van der Waals surface area contributed by atoms with Crippen LogP contribution in [0, 0.1) is 17.2 Å². The number of methoxy groups -OCH3 is 1. The van der Waals surface area contributed by atoms with E-state index in [-0.39, 0.29) is 29.2 Å². The Kier molecular flexibility index (Phi) is 8.91. The lowest BCUT2D eigenvalue weighted by molar-refractivity contribution is -0.118. The molecule has 1 saturated carbocycles. The van der Waals surface area contributed by atoms with Crippen molar-refractivity contribution < 1.29 is 14.3 Å². The molecule has 33 heavy (non-hydrogen) atoms. The van der Waals surface area contributed by atoms with Gasteiger partial charge in [-0.3, -0.25) is 4.79 Å². The molecule has 1 amide bonds. The summed E-state index contributed by atoms with van der Waals surface area (Å²) in [6, 6.07) is 10.5. The van der Waals surface area contributed by atoms with E-state index in [0.717, 1.165) is 24.8 Å².